The van der Waals surface area contributed by atoms with E-state index in [0.29, 0.717) is 18.0 Å². The minimum atomic E-state index is 0.614. The molecule has 0 radical (unpaired) electrons. The molecule has 2 aliphatic rings. The highest BCUT2D eigenvalue weighted by atomic mass is 15.3. The van der Waals surface area contributed by atoms with Gasteiger partial charge in [0.15, 0.2) is 0 Å². The molecule has 0 amide bonds. The number of benzene rings is 1. The van der Waals surface area contributed by atoms with Crippen LogP contribution < -0.4 is 10.2 Å². The highest BCUT2D eigenvalue weighted by molar-refractivity contribution is 5.67. The number of fused-ring (bicyclic) bond motifs is 3. The van der Waals surface area contributed by atoms with E-state index in [9.17, 15) is 0 Å². The third kappa shape index (κ3) is 1.23. The summed E-state index contributed by atoms with van der Waals surface area (Å²) in [6.07, 6.45) is 0. The second-order valence-electron chi connectivity index (χ2n) is 5.28. The molecule has 0 bridgehead atoms. The van der Waals surface area contributed by atoms with Gasteiger partial charge in [-0.2, -0.15) is 0 Å². The molecule has 1 saturated heterocycles. The minimum Gasteiger partial charge on any atom is -0.362 e. The maximum atomic E-state index is 3.55. The molecule has 2 heteroatoms. The number of piperazine rings is 1. The molecule has 0 spiro atoms. The molecule has 3 atom stereocenters. The number of para-hydroxylation sites is 1. The summed E-state index contributed by atoms with van der Waals surface area (Å²) in [6.45, 7) is 9.16. The van der Waals surface area contributed by atoms with Crippen molar-refractivity contribution in [2.24, 2.45) is 0 Å². The van der Waals surface area contributed by atoms with E-state index in [0.717, 1.165) is 13.1 Å². The van der Waals surface area contributed by atoms with Crippen molar-refractivity contribution >= 4 is 5.69 Å². The summed E-state index contributed by atoms with van der Waals surface area (Å²) < 4.78 is 0. The standard InChI is InChI=1S/C14H20N2/c1-9-5-4-6-12-11(3)13-8-15-7-10(2)16(13)14(9)12/h4-6,10-11,13,15H,7-8H2,1-3H3/t10?,11?,13-/m0/s1. The van der Waals surface area contributed by atoms with Gasteiger partial charge in [-0.15, -0.1) is 0 Å². The van der Waals surface area contributed by atoms with Gasteiger partial charge in [0, 0.05) is 36.8 Å². The summed E-state index contributed by atoms with van der Waals surface area (Å²) in [6, 6.07) is 8.01. The van der Waals surface area contributed by atoms with E-state index in [1.54, 1.807) is 5.56 Å². The highest BCUT2D eigenvalue weighted by Gasteiger charge is 2.40. The largest absolute Gasteiger partial charge is 0.362 e. The molecule has 0 saturated carbocycles. The topological polar surface area (TPSA) is 15.3 Å². The Hall–Kier alpha value is -1.02. The lowest BCUT2D eigenvalue weighted by Crippen LogP contribution is -2.55. The number of aryl methyl sites for hydroxylation is 1. The van der Waals surface area contributed by atoms with Gasteiger partial charge in [-0.1, -0.05) is 25.1 Å². The first-order chi connectivity index (χ1) is 7.70. The molecule has 1 aromatic carbocycles. The van der Waals surface area contributed by atoms with Crippen LogP contribution in [0.4, 0.5) is 5.69 Å². The Morgan fingerprint density at radius 2 is 2.06 bits per heavy atom. The normalized spacial score (nSPS) is 32.4. The van der Waals surface area contributed by atoms with E-state index in [-0.39, 0.29) is 0 Å². The number of rotatable bonds is 0. The zero-order chi connectivity index (χ0) is 11.3. The van der Waals surface area contributed by atoms with E-state index in [2.05, 4.69) is 49.2 Å². The van der Waals surface area contributed by atoms with Crippen LogP contribution in [0.25, 0.3) is 0 Å². The van der Waals surface area contributed by atoms with Crippen LogP contribution in [0.3, 0.4) is 0 Å². The molecule has 2 unspecified atom stereocenters. The van der Waals surface area contributed by atoms with Crippen molar-refractivity contribution in [3.63, 3.8) is 0 Å². The SMILES string of the molecule is Cc1cccc2c1N1C(C)CNC[C@H]1C2C. The van der Waals surface area contributed by atoms with Gasteiger partial charge in [0.05, 0.1) is 0 Å². The summed E-state index contributed by atoms with van der Waals surface area (Å²) in [5, 5.41) is 3.55. The third-order valence-electron chi connectivity index (χ3n) is 4.22. The zero-order valence-corrected chi connectivity index (χ0v) is 10.3. The summed E-state index contributed by atoms with van der Waals surface area (Å²) >= 11 is 0. The maximum absolute atomic E-state index is 3.55. The van der Waals surface area contributed by atoms with Gasteiger partial charge >= 0.3 is 0 Å². The summed E-state index contributed by atoms with van der Waals surface area (Å²) in [5.41, 5.74) is 4.48. The Balaban J connectivity index is 2.14. The van der Waals surface area contributed by atoms with Gasteiger partial charge in [-0.05, 0) is 25.0 Å². The molecule has 2 heterocycles. The molecule has 1 aromatic rings. The van der Waals surface area contributed by atoms with Crippen LogP contribution in [-0.2, 0) is 0 Å². The lowest BCUT2D eigenvalue weighted by molar-refractivity contribution is 0.402. The first-order valence-electron chi connectivity index (χ1n) is 6.28. The molecule has 1 N–H and O–H groups in total. The molecular formula is C14H20N2. The Morgan fingerprint density at radius 3 is 2.88 bits per heavy atom. The van der Waals surface area contributed by atoms with Crippen molar-refractivity contribution in [1.29, 1.82) is 0 Å². The average molecular weight is 216 g/mol. The molecule has 1 fully saturated rings. The maximum Gasteiger partial charge on any atom is 0.0484 e. The molecule has 86 valence electrons. The summed E-state index contributed by atoms with van der Waals surface area (Å²) in [4.78, 5) is 2.64. The summed E-state index contributed by atoms with van der Waals surface area (Å²) in [5.74, 6) is 0.658. The van der Waals surface area contributed by atoms with Crippen molar-refractivity contribution in [2.45, 2.75) is 38.8 Å². The van der Waals surface area contributed by atoms with Crippen molar-refractivity contribution in [3.05, 3.63) is 29.3 Å². The number of nitrogens with zero attached hydrogens (tertiary/aromatic N) is 1. The molecule has 2 aliphatic heterocycles. The monoisotopic (exact) mass is 216 g/mol. The lowest BCUT2D eigenvalue weighted by Gasteiger charge is -2.40. The molecule has 2 nitrogen and oxygen atoms in total. The summed E-state index contributed by atoms with van der Waals surface area (Å²) in [7, 11) is 0. The van der Waals surface area contributed by atoms with Crippen LogP contribution in [0, 0.1) is 6.92 Å². The second-order valence-corrected chi connectivity index (χ2v) is 5.28. The van der Waals surface area contributed by atoms with E-state index < -0.39 is 0 Å². The quantitative estimate of drug-likeness (QED) is 0.715. The number of anilines is 1. The van der Waals surface area contributed by atoms with Gasteiger partial charge in [0.2, 0.25) is 0 Å². The van der Waals surface area contributed by atoms with E-state index >= 15 is 0 Å². The van der Waals surface area contributed by atoms with E-state index in [1.165, 1.54) is 11.3 Å². The fraction of sp³-hybridized carbons (Fsp3) is 0.571. The van der Waals surface area contributed by atoms with Crippen LogP contribution in [-0.4, -0.2) is 25.2 Å². The van der Waals surface area contributed by atoms with Crippen LogP contribution in [0.2, 0.25) is 0 Å². The van der Waals surface area contributed by atoms with Crippen LogP contribution in [0.15, 0.2) is 18.2 Å². The van der Waals surface area contributed by atoms with Gasteiger partial charge in [0.1, 0.15) is 0 Å². The van der Waals surface area contributed by atoms with E-state index in [1.807, 2.05) is 0 Å². The molecule has 0 aromatic heterocycles. The zero-order valence-electron chi connectivity index (χ0n) is 10.3. The van der Waals surface area contributed by atoms with Crippen LogP contribution in [0.1, 0.15) is 30.9 Å². The molecule has 0 aliphatic carbocycles. The van der Waals surface area contributed by atoms with Gasteiger partial charge in [0.25, 0.3) is 0 Å². The van der Waals surface area contributed by atoms with E-state index in [4.69, 9.17) is 0 Å². The molecular weight excluding hydrogens is 196 g/mol. The number of nitrogens with one attached hydrogen (secondary N) is 1. The Bertz CT molecular complexity index is 413. The number of hydrogen-bond acceptors (Lipinski definition) is 2. The fourth-order valence-corrected chi connectivity index (χ4v) is 3.38. The smallest absolute Gasteiger partial charge is 0.0484 e. The van der Waals surface area contributed by atoms with Gasteiger partial charge in [-0.3, -0.25) is 0 Å². The number of hydrogen-bond donors (Lipinski definition) is 1. The van der Waals surface area contributed by atoms with Crippen molar-refractivity contribution < 1.29 is 0 Å². The van der Waals surface area contributed by atoms with Crippen molar-refractivity contribution in [1.82, 2.24) is 5.32 Å². The Morgan fingerprint density at radius 1 is 1.25 bits per heavy atom. The molecule has 3 rings (SSSR count). The van der Waals surface area contributed by atoms with Crippen molar-refractivity contribution in [2.75, 3.05) is 18.0 Å². The van der Waals surface area contributed by atoms with Gasteiger partial charge in [-0.25, -0.2) is 0 Å². The first kappa shape index (κ1) is 10.2. The Labute approximate surface area is 97.6 Å². The minimum absolute atomic E-state index is 0.614. The van der Waals surface area contributed by atoms with Gasteiger partial charge < -0.3 is 10.2 Å². The first-order valence-corrected chi connectivity index (χ1v) is 6.28. The molecule has 16 heavy (non-hydrogen) atoms. The predicted molar refractivity (Wildman–Crippen MR) is 68.2 cm³/mol. The third-order valence-corrected chi connectivity index (χ3v) is 4.22. The predicted octanol–water partition coefficient (Wildman–Crippen LogP) is 2.28. The second kappa shape index (κ2) is 3.49. The van der Waals surface area contributed by atoms with Crippen LogP contribution in [0.5, 0.6) is 0 Å². The Kier molecular flexibility index (Phi) is 2.21. The fourth-order valence-electron chi connectivity index (χ4n) is 3.38. The van der Waals surface area contributed by atoms with Crippen LogP contribution >= 0.6 is 0 Å². The average Bonchev–Trinajstić information content (AvgIpc) is 2.56. The van der Waals surface area contributed by atoms with Crippen molar-refractivity contribution in [3.8, 4) is 0 Å². The highest BCUT2D eigenvalue weighted by Crippen LogP contribution is 2.44. The lowest BCUT2D eigenvalue weighted by atomic mass is 9.95.